The summed E-state index contributed by atoms with van der Waals surface area (Å²) < 4.78 is 4.93. The molecule has 2 saturated heterocycles. The van der Waals surface area contributed by atoms with E-state index >= 15 is 0 Å². The number of fused-ring (bicyclic) bond motifs is 1. The number of methoxy groups -OCH3 is 1. The summed E-state index contributed by atoms with van der Waals surface area (Å²) >= 11 is 0. The third-order valence-corrected chi connectivity index (χ3v) is 5.99. The third kappa shape index (κ3) is 2.69. The minimum absolute atomic E-state index is 0.397. The van der Waals surface area contributed by atoms with Crippen LogP contribution in [0.2, 0.25) is 0 Å². The number of nitrogens with zero attached hydrogens (tertiary/aromatic N) is 1. The SMILES string of the molecule is COC(=O)[C@]1(CO)N[C@H](c2ccccc2C)[C@H]2C(=O)N(c3ccccc3)C(=O)[C@H]21. The van der Waals surface area contributed by atoms with Crippen molar-refractivity contribution in [3.05, 3.63) is 65.7 Å². The van der Waals surface area contributed by atoms with Crippen molar-refractivity contribution in [2.24, 2.45) is 11.8 Å². The Kier molecular flexibility index (Phi) is 4.72. The van der Waals surface area contributed by atoms with Crippen LogP contribution in [0.1, 0.15) is 17.2 Å². The number of imide groups is 1. The van der Waals surface area contributed by atoms with E-state index in [9.17, 15) is 19.5 Å². The lowest BCUT2D eigenvalue weighted by Gasteiger charge is -2.30. The average molecular weight is 394 g/mol. The van der Waals surface area contributed by atoms with Gasteiger partial charge in [-0.1, -0.05) is 42.5 Å². The number of anilines is 1. The van der Waals surface area contributed by atoms with Gasteiger partial charge < -0.3 is 9.84 Å². The molecule has 4 atom stereocenters. The van der Waals surface area contributed by atoms with E-state index in [0.29, 0.717) is 5.69 Å². The van der Waals surface area contributed by atoms with Gasteiger partial charge in [-0.15, -0.1) is 0 Å². The maximum absolute atomic E-state index is 13.4. The number of aliphatic hydroxyl groups is 1. The van der Waals surface area contributed by atoms with Crippen LogP contribution in [0.5, 0.6) is 0 Å². The molecule has 2 aliphatic rings. The lowest BCUT2D eigenvalue weighted by atomic mass is 9.79. The monoisotopic (exact) mass is 394 g/mol. The molecule has 2 fully saturated rings. The first-order chi connectivity index (χ1) is 14.0. The number of benzene rings is 2. The molecule has 7 heteroatoms. The fourth-order valence-electron chi connectivity index (χ4n) is 4.62. The molecule has 0 unspecified atom stereocenters. The van der Waals surface area contributed by atoms with Gasteiger partial charge >= 0.3 is 5.97 Å². The molecule has 2 N–H and O–H groups in total. The van der Waals surface area contributed by atoms with Gasteiger partial charge in [0.05, 0.1) is 31.2 Å². The van der Waals surface area contributed by atoms with Crippen molar-refractivity contribution < 1.29 is 24.2 Å². The number of nitrogens with one attached hydrogen (secondary N) is 1. The van der Waals surface area contributed by atoms with Crippen LogP contribution in [-0.2, 0) is 19.1 Å². The van der Waals surface area contributed by atoms with E-state index in [1.165, 1.54) is 7.11 Å². The molecule has 0 aliphatic carbocycles. The van der Waals surface area contributed by atoms with E-state index in [4.69, 9.17) is 4.74 Å². The van der Waals surface area contributed by atoms with Crippen LogP contribution < -0.4 is 10.2 Å². The van der Waals surface area contributed by atoms with Crippen LogP contribution in [0.25, 0.3) is 0 Å². The second-order valence-corrected chi connectivity index (χ2v) is 7.45. The third-order valence-electron chi connectivity index (χ3n) is 5.99. The first-order valence-corrected chi connectivity index (χ1v) is 9.41. The Labute approximate surface area is 168 Å². The molecule has 29 heavy (non-hydrogen) atoms. The molecule has 7 nitrogen and oxygen atoms in total. The summed E-state index contributed by atoms with van der Waals surface area (Å²) in [7, 11) is 1.20. The Balaban J connectivity index is 1.88. The van der Waals surface area contributed by atoms with E-state index in [1.54, 1.807) is 30.3 Å². The average Bonchev–Trinajstić information content (AvgIpc) is 3.23. The van der Waals surface area contributed by atoms with Crippen LogP contribution in [0.15, 0.2) is 54.6 Å². The first kappa shape index (κ1) is 19.3. The minimum atomic E-state index is -1.69. The molecule has 0 bridgehead atoms. The fraction of sp³-hybridized carbons (Fsp3) is 0.318. The summed E-state index contributed by atoms with van der Waals surface area (Å²) in [6.07, 6.45) is 0. The fourth-order valence-corrected chi connectivity index (χ4v) is 4.62. The molecule has 4 rings (SSSR count). The summed E-state index contributed by atoms with van der Waals surface area (Å²) in [5.74, 6) is -3.59. The number of amides is 2. The predicted molar refractivity (Wildman–Crippen MR) is 105 cm³/mol. The maximum Gasteiger partial charge on any atom is 0.329 e. The van der Waals surface area contributed by atoms with E-state index in [0.717, 1.165) is 16.0 Å². The minimum Gasteiger partial charge on any atom is -0.468 e. The van der Waals surface area contributed by atoms with Crippen molar-refractivity contribution in [3.8, 4) is 0 Å². The van der Waals surface area contributed by atoms with Crippen LogP contribution in [-0.4, -0.2) is 42.1 Å². The van der Waals surface area contributed by atoms with Gasteiger partial charge in [-0.05, 0) is 30.2 Å². The highest BCUT2D eigenvalue weighted by atomic mass is 16.5. The lowest BCUT2D eigenvalue weighted by Crippen LogP contribution is -2.59. The van der Waals surface area contributed by atoms with E-state index in [1.807, 2.05) is 31.2 Å². The number of para-hydroxylation sites is 1. The number of aryl methyl sites for hydroxylation is 1. The molecule has 0 spiro atoms. The van der Waals surface area contributed by atoms with Gasteiger partial charge in [0.1, 0.15) is 0 Å². The molecule has 2 aromatic carbocycles. The summed E-state index contributed by atoms with van der Waals surface area (Å²) in [4.78, 5) is 40.7. The Morgan fingerprint density at radius 2 is 1.76 bits per heavy atom. The molecule has 150 valence electrons. The number of carbonyl (C=O) groups excluding carboxylic acids is 3. The smallest absolute Gasteiger partial charge is 0.329 e. The molecule has 0 saturated carbocycles. The Morgan fingerprint density at radius 1 is 1.10 bits per heavy atom. The zero-order chi connectivity index (χ0) is 20.8. The summed E-state index contributed by atoms with van der Waals surface area (Å²) in [6.45, 7) is 1.24. The van der Waals surface area contributed by atoms with Gasteiger partial charge in [0.2, 0.25) is 11.8 Å². The number of ether oxygens (including phenoxy) is 1. The summed E-state index contributed by atoms with van der Waals surface area (Å²) in [5, 5.41) is 13.3. The molecular weight excluding hydrogens is 372 g/mol. The van der Waals surface area contributed by atoms with Crippen molar-refractivity contribution in [1.82, 2.24) is 5.32 Å². The molecule has 2 heterocycles. The topological polar surface area (TPSA) is 95.9 Å². The van der Waals surface area contributed by atoms with Crippen LogP contribution in [0.3, 0.4) is 0 Å². The second kappa shape index (κ2) is 7.09. The van der Waals surface area contributed by atoms with Crippen molar-refractivity contribution in [1.29, 1.82) is 0 Å². The maximum atomic E-state index is 13.4. The number of aliphatic hydroxyl groups excluding tert-OH is 1. The number of rotatable bonds is 4. The molecule has 2 aromatic rings. The normalized spacial score (nSPS) is 28.5. The van der Waals surface area contributed by atoms with E-state index in [-0.39, 0.29) is 0 Å². The highest BCUT2D eigenvalue weighted by Crippen LogP contribution is 2.50. The number of hydrogen-bond donors (Lipinski definition) is 2. The van der Waals surface area contributed by atoms with Crippen LogP contribution in [0, 0.1) is 18.8 Å². The zero-order valence-electron chi connectivity index (χ0n) is 16.2. The Bertz CT molecular complexity index is 976. The van der Waals surface area contributed by atoms with E-state index in [2.05, 4.69) is 5.32 Å². The van der Waals surface area contributed by atoms with Gasteiger partial charge in [-0.25, -0.2) is 9.69 Å². The Hall–Kier alpha value is -3.03. The van der Waals surface area contributed by atoms with Crippen molar-refractivity contribution in [3.63, 3.8) is 0 Å². The molecular formula is C22H22N2O5. The van der Waals surface area contributed by atoms with Crippen molar-refractivity contribution in [2.45, 2.75) is 18.5 Å². The highest BCUT2D eigenvalue weighted by molar-refractivity contribution is 6.24. The quantitative estimate of drug-likeness (QED) is 0.600. The van der Waals surface area contributed by atoms with Crippen LogP contribution >= 0.6 is 0 Å². The lowest BCUT2D eigenvalue weighted by molar-refractivity contribution is -0.154. The largest absolute Gasteiger partial charge is 0.468 e. The van der Waals surface area contributed by atoms with Gasteiger partial charge in [0.15, 0.2) is 5.54 Å². The van der Waals surface area contributed by atoms with Crippen LogP contribution in [0.4, 0.5) is 5.69 Å². The van der Waals surface area contributed by atoms with Crippen molar-refractivity contribution >= 4 is 23.5 Å². The molecule has 0 aromatic heterocycles. The molecule has 2 amide bonds. The highest BCUT2D eigenvalue weighted by Gasteiger charge is 2.69. The molecule has 2 aliphatic heterocycles. The Morgan fingerprint density at radius 3 is 2.38 bits per heavy atom. The zero-order valence-corrected chi connectivity index (χ0v) is 16.2. The van der Waals surface area contributed by atoms with Gasteiger partial charge in [0.25, 0.3) is 0 Å². The van der Waals surface area contributed by atoms with E-state index < -0.39 is 47.8 Å². The summed E-state index contributed by atoms with van der Waals surface area (Å²) in [5.41, 5.74) is 0.471. The second-order valence-electron chi connectivity index (χ2n) is 7.45. The number of hydrogen-bond acceptors (Lipinski definition) is 6. The summed E-state index contributed by atoms with van der Waals surface area (Å²) in [6, 6.07) is 15.5. The van der Waals surface area contributed by atoms with Gasteiger partial charge in [0, 0.05) is 6.04 Å². The van der Waals surface area contributed by atoms with Gasteiger partial charge in [-0.2, -0.15) is 0 Å². The standard InChI is InChI=1S/C22H22N2O5/c1-13-8-6-7-11-15(13)18-16-17(22(12-25,23-18)21(28)29-2)20(27)24(19(16)26)14-9-4-3-5-10-14/h3-11,16-18,23,25H,12H2,1-2H3/t16-,17-,18+,22+/m0/s1. The number of carbonyl (C=O) groups is 3. The van der Waals surface area contributed by atoms with Gasteiger partial charge in [-0.3, -0.25) is 14.9 Å². The predicted octanol–water partition coefficient (Wildman–Crippen LogP) is 1.35. The van der Waals surface area contributed by atoms with Crippen molar-refractivity contribution in [2.75, 3.05) is 18.6 Å². The molecule has 0 radical (unpaired) electrons. The number of esters is 1. The first-order valence-electron chi connectivity index (χ1n) is 9.41.